The Morgan fingerprint density at radius 3 is 2.62 bits per heavy atom. The molecular formula is C18H34IN3O2. The quantitative estimate of drug-likeness (QED) is 0.350. The zero-order valence-electron chi connectivity index (χ0n) is 15.3. The highest BCUT2D eigenvalue weighted by Gasteiger charge is 2.59. The van der Waals surface area contributed by atoms with Gasteiger partial charge in [-0.25, -0.2) is 0 Å². The van der Waals surface area contributed by atoms with Crippen molar-refractivity contribution in [2.24, 2.45) is 16.3 Å². The summed E-state index contributed by atoms with van der Waals surface area (Å²) in [5.74, 6) is 1.43. The summed E-state index contributed by atoms with van der Waals surface area (Å²) in [4.78, 5) is 4.71. The van der Waals surface area contributed by atoms with Gasteiger partial charge in [-0.1, -0.05) is 33.1 Å². The zero-order valence-corrected chi connectivity index (χ0v) is 17.6. The van der Waals surface area contributed by atoms with E-state index in [2.05, 4.69) is 31.4 Å². The number of nitrogens with zero attached hydrogens (tertiary/aromatic N) is 1. The van der Waals surface area contributed by atoms with E-state index < -0.39 is 5.60 Å². The van der Waals surface area contributed by atoms with Crippen molar-refractivity contribution < 1.29 is 9.84 Å². The predicted molar refractivity (Wildman–Crippen MR) is 108 cm³/mol. The van der Waals surface area contributed by atoms with Crippen molar-refractivity contribution in [3.8, 4) is 0 Å². The van der Waals surface area contributed by atoms with E-state index in [0.717, 1.165) is 51.2 Å². The molecule has 0 aromatic heterocycles. The summed E-state index contributed by atoms with van der Waals surface area (Å²) in [6.07, 6.45) is 6.75. The van der Waals surface area contributed by atoms with Gasteiger partial charge in [0, 0.05) is 30.5 Å². The highest BCUT2D eigenvalue weighted by molar-refractivity contribution is 14.0. The molecule has 5 nitrogen and oxygen atoms in total. The maximum Gasteiger partial charge on any atom is 0.191 e. The summed E-state index contributed by atoms with van der Waals surface area (Å²) in [5.41, 5.74) is -0.464. The van der Waals surface area contributed by atoms with Gasteiger partial charge >= 0.3 is 0 Å². The van der Waals surface area contributed by atoms with E-state index >= 15 is 0 Å². The van der Waals surface area contributed by atoms with E-state index in [0.29, 0.717) is 24.6 Å². The Balaban J connectivity index is 0.00000208. The van der Waals surface area contributed by atoms with Crippen LogP contribution < -0.4 is 10.6 Å². The van der Waals surface area contributed by atoms with Gasteiger partial charge in [0.25, 0.3) is 0 Å². The van der Waals surface area contributed by atoms with Crippen LogP contribution in [0.4, 0.5) is 0 Å². The lowest BCUT2D eigenvalue weighted by Gasteiger charge is -2.55. The summed E-state index contributed by atoms with van der Waals surface area (Å²) in [7, 11) is 0. The Kier molecular flexibility index (Phi) is 6.81. The second-order valence-corrected chi connectivity index (χ2v) is 8.17. The maximum atomic E-state index is 10.7. The van der Waals surface area contributed by atoms with Crippen LogP contribution in [0.5, 0.6) is 0 Å². The molecule has 3 rings (SSSR count). The number of aliphatic hydroxyl groups is 1. The van der Waals surface area contributed by atoms with E-state index in [1.54, 1.807) is 0 Å². The molecule has 0 bridgehead atoms. The molecule has 0 amide bonds. The van der Waals surface area contributed by atoms with Crippen molar-refractivity contribution in [2.75, 3.05) is 19.7 Å². The topological polar surface area (TPSA) is 65.9 Å². The van der Waals surface area contributed by atoms with E-state index in [9.17, 15) is 5.11 Å². The lowest BCUT2D eigenvalue weighted by atomic mass is 9.57. The Hall–Kier alpha value is -0.0800. The molecule has 6 heteroatoms. The summed E-state index contributed by atoms with van der Waals surface area (Å²) in [5, 5.41) is 17.6. The normalized spacial score (nSPS) is 33.8. The van der Waals surface area contributed by atoms with Crippen LogP contribution in [0, 0.1) is 11.3 Å². The van der Waals surface area contributed by atoms with E-state index in [1.807, 2.05) is 0 Å². The van der Waals surface area contributed by atoms with Crippen LogP contribution in [0.3, 0.4) is 0 Å². The van der Waals surface area contributed by atoms with Gasteiger partial charge in [-0.05, 0) is 26.2 Å². The fraction of sp³-hybridized carbons (Fsp3) is 0.944. The Labute approximate surface area is 163 Å². The first-order valence-corrected chi connectivity index (χ1v) is 9.35. The molecule has 0 radical (unpaired) electrons. The molecule has 0 spiro atoms. The summed E-state index contributed by atoms with van der Waals surface area (Å²) in [6, 6.07) is 0.397. The second-order valence-electron chi connectivity index (χ2n) is 8.17. The zero-order chi connectivity index (χ0) is 16.5. The van der Waals surface area contributed by atoms with E-state index in [4.69, 9.17) is 9.73 Å². The van der Waals surface area contributed by atoms with Gasteiger partial charge in [0.15, 0.2) is 5.96 Å². The fourth-order valence-electron chi connectivity index (χ4n) is 4.68. The van der Waals surface area contributed by atoms with Crippen molar-refractivity contribution in [1.82, 2.24) is 10.6 Å². The average molecular weight is 451 g/mol. The van der Waals surface area contributed by atoms with Crippen molar-refractivity contribution in [2.45, 2.75) is 77.0 Å². The molecule has 1 aliphatic heterocycles. The number of hydrogen-bond acceptors (Lipinski definition) is 3. The van der Waals surface area contributed by atoms with Gasteiger partial charge in [-0.2, -0.15) is 0 Å². The molecule has 3 aliphatic rings. The van der Waals surface area contributed by atoms with E-state index in [-0.39, 0.29) is 29.4 Å². The minimum absolute atomic E-state index is 0. The van der Waals surface area contributed by atoms with Gasteiger partial charge in [-0.15, -0.1) is 24.0 Å². The molecule has 0 aromatic rings. The first-order chi connectivity index (χ1) is 11.0. The fourth-order valence-corrected chi connectivity index (χ4v) is 4.68. The third-order valence-corrected chi connectivity index (χ3v) is 6.05. The number of rotatable bonds is 4. The van der Waals surface area contributed by atoms with Crippen LogP contribution in [-0.4, -0.2) is 48.5 Å². The predicted octanol–water partition coefficient (Wildman–Crippen LogP) is 2.67. The number of ether oxygens (including phenoxy) is 1. The van der Waals surface area contributed by atoms with Gasteiger partial charge in [0.1, 0.15) is 0 Å². The molecule has 2 aliphatic carbocycles. The highest BCUT2D eigenvalue weighted by Crippen LogP contribution is 2.52. The first kappa shape index (κ1) is 20.2. The number of fused-ring (bicyclic) bond motifs is 1. The SMILES string of the molecule is CCNC(=NCC1(O)CCCCC1)NC1C2CCOC2C1(C)C.I. The molecule has 24 heavy (non-hydrogen) atoms. The van der Waals surface area contributed by atoms with Gasteiger partial charge in [0.05, 0.1) is 18.2 Å². The molecule has 0 aromatic carbocycles. The van der Waals surface area contributed by atoms with Crippen molar-refractivity contribution in [3.05, 3.63) is 0 Å². The van der Waals surface area contributed by atoms with Crippen LogP contribution in [0.25, 0.3) is 0 Å². The number of nitrogens with one attached hydrogen (secondary N) is 2. The highest BCUT2D eigenvalue weighted by atomic mass is 127. The minimum Gasteiger partial charge on any atom is -0.388 e. The molecule has 2 saturated carbocycles. The molecular weight excluding hydrogens is 417 g/mol. The van der Waals surface area contributed by atoms with Crippen LogP contribution in [0.15, 0.2) is 4.99 Å². The number of hydrogen-bond donors (Lipinski definition) is 3. The van der Waals surface area contributed by atoms with Gasteiger partial charge < -0.3 is 20.5 Å². The van der Waals surface area contributed by atoms with Crippen molar-refractivity contribution >= 4 is 29.9 Å². The summed E-state index contributed by atoms with van der Waals surface area (Å²) in [6.45, 7) is 8.84. The average Bonchev–Trinajstić information content (AvgIpc) is 2.98. The third kappa shape index (κ3) is 4.01. The summed E-state index contributed by atoms with van der Waals surface area (Å²) >= 11 is 0. The molecule has 1 heterocycles. The number of halogens is 1. The molecule has 3 N–H and O–H groups in total. The van der Waals surface area contributed by atoms with Crippen LogP contribution in [0.2, 0.25) is 0 Å². The first-order valence-electron chi connectivity index (χ1n) is 9.35. The largest absolute Gasteiger partial charge is 0.388 e. The Bertz CT molecular complexity index is 450. The third-order valence-electron chi connectivity index (χ3n) is 6.05. The Morgan fingerprint density at radius 2 is 1.96 bits per heavy atom. The molecule has 1 saturated heterocycles. The Morgan fingerprint density at radius 1 is 1.25 bits per heavy atom. The minimum atomic E-state index is -0.602. The molecule has 140 valence electrons. The standard InChI is InChI=1S/C18H33N3O2.HI/c1-4-19-16(20-12-18(22)9-6-5-7-10-18)21-14-13-8-11-23-15(13)17(14,2)3;/h13-15,22H,4-12H2,1-3H3,(H2,19,20,21);1H. The summed E-state index contributed by atoms with van der Waals surface area (Å²) < 4.78 is 5.87. The number of guanidine groups is 1. The lowest BCUT2D eigenvalue weighted by molar-refractivity contribution is -0.106. The second kappa shape index (κ2) is 8.08. The lowest BCUT2D eigenvalue weighted by Crippen LogP contribution is -2.68. The van der Waals surface area contributed by atoms with Crippen LogP contribution in [0.1, 0.15) is 59.3 Å². The van der Waals surface area contributed by atoms with Crippen LogP contribution >= 0.6 is 24.0 Å². The number of aliphatic imine (C=N–C) groups is 1. The van der Waals surface area contributed by atoms with Crippen molar-refractivity contribution in [3.63, 3.8) is 0 Å². The van der Waals surface area contributed by atoms with Gasteiger partial charge in [0.2, 0.25) is 0 Å². The van der Waals surface area contributed by atoms with Crippen molar-refractivity contribution in [1.29, 1.82) is 0 Å². The van der Waals surface area contributed by atoms with E-state index in [1.165, 1.54) is 6.42 Å². The monoisotopic (exact) mass is 451 g/mol. The molecule has 3 fully saturated rings. The van der Waals surface area contributed by atoms with Crippen LogP contribution in [-0.2, 0) is 4.74 Å². The maximum absolute atomic E-state index is 10.7. The molecule has 3 atom stereocenters. The van der Waals surface area contributed by atoms with Gasteiger partial charge in [-0.3, -0.25) is 4.99 Å². The smallest absolute Gasteiger partial charge is 0.191 e. The molecule has 3 unspecified atom stereocenters.